The first kappa shape index (κ1) is 15.9. The Labute approximate surface area is 146 Å². The third-order valence-corrected chi connectivity index (χ3v) is 4.84. The molecule has 0 amide bonds. The zero-order chi connectivity index (χ0) is 17.1. The van der Waals surface area contributed by atoms with Crippen molar-refractivity contribution < 1.29 is 4.42 Å². The first-order chi connectivity index (χ1) is 12.3. The number of rotatable bonds is 6. The summed E-state index contributed by atoms with van der Waals surface area (Å²) in [5.41, 5.74) is 2.52. The Kier molecular flexibility index (Phi) is 4.52. The normalized spacial score (nSPS) is 16.7. The second-order valence-electron chi connectivity index (χ2n) is 6.46. The minimum atomic E-state index is 0.0768. The van der Waals surface area contributed by atoms with Crippen LogP contribution in [0.3, 0.4) is 0 Å². The predicted octanol–water partition coefficient (Wildman–Crippen LogP) is 1.99. The summed E-state index contributed by atoms with van der Waals surface area (Å²) in [4.78, 5) is 12.3. The van der Waals surface area contributed by atoms with Crippen LogP contribution in [-0.4, -0.2) is 20.4 Å². The molecule has 0 saturated carbocycles. The van der Waals surface area contributed by atoms with Crippen molar-refractivity contribution in [2.75, 3.05) is 0 Å². The van der Waals surface area contributed by atoms with Crippen molar-refractivity contribution in [3.63, 3.8) is 0 Å². The van der Waals surface area contributed by atoms with E-state index in [0.29, 0.717) is 19.1 Å². The van der Waals surface area contributed by atoms with E-state index >= 15 is 0 Å². The fraction of sp³-hybridized carbons (Fsp3) is 0.368. The van der Waals surface area contributed by atoms with Crippen LogP contribution in [-0.2, 0) is 32.5 Å². The molecule has 6 nitrogen and oxygen atoms in total. The third kappa shape index (κ3) is 3.58. The van der Waals surface area contributed by atoms with Gasteiger partial charge in [0.15, 0.2) is 0 Å². The molecule has 0 aromatic carbocycles. The molecule has 1 atom stereocenters. The van der Waals surface area contributed by atoms with Crippen molar-refractivity contribution >= 4 is 0 Å². The number of aromatic nitrogens is 3. The monoisotopic (exact) mass is 338 g/mol. The molecule has 6 heteroatoms. The second kappa shape index (κ2) is 7.11. The van der Waals surface area contributed by atoms with Gasteiger partial charge >= 0.3 is 0 Å². The highest BCUT2D eigenvalue weighted by molar-refractivity contribution is 5.25. The second-order valence-corrected chi connectivity index (χ2v) is 6.46. The number of hydrogen-bond acceptors (Lipinski definition) is 4. The van der Waals surface area contributed by atoms with E-state index in [2.05, 4.69) is 10.4 Å². The van der Waals surface area contributed by atoms with E-state index in [1.54, 1.807) is 18.5 Å². The fourth-order valence-electron chi connectivity index (χ4n) is 3.54. The third-order valence-electron chi connectivity index (χ3n) is 4.84. The van der Waals surface area contributed by atoms with Crippen LogP contribution in [0.2, 0.25) is 0 Å². The topological polar surface area (TPSA) is 65.0 Å². The van der Waals surface area contributed by atoms with Gasteiger partial charge in [-0.3, -0.25) is 9.48 Å². The van der Waals surface area contributed by atoms with E-state index in [-0.39, 0.29) is 5.56 Å². The van der Waals surface area contributed by atoms with Crippen LogP contribution in [0.15, 0.2) is 58.2 Å². The molecule has 3 heterocycles. The molecule has 0 radical (unpaired) electrons. The van der Waals surface area contributed by atoms with Gasteiger partial charge in [-0.05, 0) is 43.0 Å². The van der Waals surface area contributed by atoms with E-state index in [0.717, 1.165) is 31.6 Å². The molecule has 3 aromatic rings. The van der Waals surface area contributed by atoms with Gasteiger partial charge in [0.1, 0.15) is 5.76 Å². The van der Waals surface area contributed by atoms with Crippen LogP contribution in [0, 0.1) is 0 Å². The Balaban J connectivity index is 1.45. The van der Waals surface area contributed by atoms with Gasteiger partial charge in [-0.2, -0.15) is 5.10 Å². The van der Waals surface area contributed by atoms with Crippen LogP contribution >= 0.6 is 0 Å². The Hall–Kier alpha value is -2.60. The van der Waals surface area contributed by atoms with Gasteiger partial charge in [0, 0.05) is 36.7 Å². The van der Waals surface area contributed by atoms with E-state index in [1.807, 2.05) is 39.7 Å². The molecular formula is C19H22N4O2. The first-order valence-corrected chi connectivity index (χ1v) is 8.74. The molecule has 4 rings (SSSR count). The molecule has 0 unspecified atom stereocenters. The lowest BCUT2D eigenvalue weighted by Crippen LogP contribution is -2.37. The average Bonchev–Trinajstić information content (AvgIpc) is 3.33. The Bertz CT molecular complexity index is 865. The van der Waals surface area contributed by atoms with Crippen LogP contribution in [0.5, 0.6) is 0 Å². The minimum absolute atomic E-state index is 0.0768. The number of hydrogen-bond donors (Lipinski definition) is 1. The molecule has 0 saturated heterocycles. The van der Waals surface area contributed by atoms with E-state index in [9.17, 15) is 4.79 Å². The van der Waals surface area contributed by atoms with Crippen molar-refractivity contribution in [3.8, 4) is 0 Å². The number of furan rings is 1. The maximum absolute atomic E-state index is 12.3. The summed E-state index contributed by atoms with van der Waals surface area (Å²) in [6.07, 6.45) is 8.27. The number of nitrogens with one attached hydrogen (secondary N) is 1. The molecule has 3 aromatic heterocycles. The Morgan fingerprint density at radius 1 is 1.24 bits per heavy atom. The van der Waals surface area contributed by atoms with Crippen molar-refractivity contribution in [1.29, 1.82) is 0 Å². The highest BCUT2D eigenvalue weighted by Gasteiger charge is 2.21. The SMILES string of the molecule is O=c1ccc2c(n1CCn1cccn1)CC[C@@H](NCc1ccco1)C2. The van der Waals surface area contributed by atoms with Gasteiger partial charge in [0.25, 0.3) is 5.56 Å². The van der Waals surface area contributed by atoms with Crippen LogP contribution in [0.25, 0.3) is 0 Å². The van der Waals surface area contributed by atoms with E-state index < -0.39 is 0 Å². The molecule has 0 bridgehead atoms. The van der Waals surface area contributed by atoms with Crippen molar-refractivity contribution in [2.24, 2.45) is 0 Å². The van der Waals surface area contributed by atoms with Crippen molar-refractivity contribution in [3.05, 3.63) is 76.4 Å². The highest BCUT2D eigenvalue weighted by atomic mass is 16.3. The zero-order valence-corrected chi connectivity index (χ0v) is 14.1. The lowest BCUT2D eigenvalue weighted by atomic mass is 9.91. The molecule has 0 fully saturated rings. The quantitative estimate of drug-likeness (QED) is 0.746. The molecule has 0 spiro atoms. The Morgan fingerprint density at radius 3 is 3.00 bits per heavy atom. The fourth-order valence-corrected chi connectivity index (χ4v) is 3.54. The molecule has 0 aliphatic heterocycles. The highest BCUT2D eigenvalue weighted by Crippen LogP contribution is 2.20. The van der Waals surface area contributed by atoms with Crippen LogP contribution < -0.4 is 10.9 Å². The number of pyridine rings is 1. The average molecular weight is 338 g/mol. The van der Waals surface area contributed by atoms with Crippen molar-refractivity contribution in [1.82, 2.24) is 19.7 Å². The van der Waals surface area contributed by atoms with Gasteiger partial charge in [0.2, 0.25) is 0 Å². The summed E-state index contributed by atoms with van der Waals surface area (Å²) < 4.78 is 9.16. The van der Waals surface area contributed by atoms with E-state index in [4.69, 9.17) is 4.42 Å². The zero-order valence-electron chi connectivity index (χ0n) is 14.1. The maximum Gasteiger partial charge on any atom is 0.250 e. The number of fused-ring (bicyclic) bond motifs is 1. The van der Waals surface area contributed by atoms with Gasteiger partial charge < -0.3 is 14.3 Å². The summed E-state index contributed by atoms with van der Waals surface area (Å²) in [5.74, 6) is 0.954. The van der Waals surface area contributed by atoms with Gasteiger partial charge in [-0.1, -0.05) is 6.07 Å². The van der Waals surface area contributed by atoms with Crippen LogP contribution in [0.4, 0.5) is 0 Å². The minimum Gasteiger partial charge on any atom is -0.468 e. The van der Waals surface area contributed by atoms with E-state index in [1.165, 1.54) is 11.3 Å². The number of nitrogens with zero attached hydrogens (tertiary/aromatic N) is 3. The first-order valence-electron chi connectivity index (χ1n) is 8.74. The standard InChI is InChI=1S/C19H22N4O2/c24-19-7-4-15-13-16(20-14-17-3-1-12-25-17)5-6-18(15)23(19)11-10-22-9-2-8-21-22/h1-4,7-9,12,16,20H,5-6,10-11,13-14H2/t16-/m1/s1. The van der Waals surface area contributed by atoms with Gasteiger partial charge in [-0.15, -0.1) is 0 Å². The molecule has 1 N–H and O–H groups in total. The largest absolute Gasteiger partial charge is 0.468 e. The molecule has 1 aliphatic rings. The Morgan fingerprint density at radius 2 is 2.20 bits per heavy atom. The molecule has 25 heavy (non-hydrogen) atoms. The number of aryl methyl sites for hydroxylation is 1. The summed E-state index contributed by atoms with van der Waals surface area (Å²) in [5, 5.41) is 7.77. The lowest BCUT2D eigenvalue weighted by molar-refractivity contribution is 0.403. The predicted molar refractivity (Wildman–Crippen MR) is 94.3 cm³/mol. The lowest BCUT2D eigenvalue weighted by Gasteiger charge is -2.27. The summed E-state index contributed by atoms with van der Waals surface area (Å²) in [6, 6.07) is 9.88. The summed E-state index contributed by atoms with van der Waals surface area (Å²) in [7, 11) is 0. The molecular weight excluding hydrogens is 316 g/mol. The van der Waals surface area contributed by atoms with Gasteiger partial charge in [-0.25, -0.2) is 0 Å². The summed E-state index contributed by atoms with van der Waals surface area (Å²) >= 11 is 0. The molecule has 130 valence electrons. The van der Waals surface area contributed by atoms with Crippen LogP contribution in [0.1, 0.15) is 23.4 Å². The molecule has 1 aliphatic carbocycles. The van der Waals surface area contributed by atoms with Gasteiger partial charge in [0.05, 0.1) is 19.4 Å². The maximum atomic E-state index is 12.3. The van der Waals surface area contributed by atoms with Crippen molar-refractivity contribution in [2.45, 2.75) is 44.9 Å². The summed E-state index contributed by atoms with van der Waals surface area (Å²) in [6.45, 7) is 2.11. The smallest absolute Gasteiger partial charge is 0.250 e.